The normalized spacial score (nSPS) is 20.1. The predicted molar refractivity (Wildman–Crippen MR) is 176 cm³/mol. The lowest BCUT2D eigenvalue weighted by Gasteiger charge is -2.45. The third kappa shape index (κ3) is 7.18. The van der Waals surface area contributed by atoms with E-state index in [2.05, 4.69) is 41.5 Å². The number of nitrogens with one attached hydrogen (secondary N) is 1. The molecule has 0 radical (unpaired) electrons. The Morgan fingerprint density at radius 3 is 2.36 bits per heavy atom. The summed E-state index contributed by atoms with van der Waals surface area (Å²) in [6.45, 7) is 10.9. The first-order valence-electron chi connectivity index (χ1n) is 16.2. The lowest BCUT2D eigenvalue weighted by molar-refractivity contribution is 0.0430. The number of hydrogen-bond acceptors (Lipinski definition) is 7. The van der Waals surface area contributed by atoms with Crippen LogP contribution in [0.25, 0.3) is 0 Å². The molecular formula is C37H47N3O5. The van der Waals surface area contributed by atoms with Crippen LogP contribution in [0.1, 0.15) is 89.9 Å². The van der Waals surface area contributed by atoms with Gasteiger partial charge in [-0.1, -0.05) is 30.3 Å². The van der Waals surface area contributed by atoms with Crippen LogP contribution in [0, 0.1) is 0 Å². The van der Waals surface area contributed by atoms with Gasteiger partial charge in [0.25, 0.3) is 5.91 Å². The van der Waals surface area contributed by atoms with E-state index >= 15 is 0 Å². The van der Waals surface area contributed by atoms with Gasteiger partial charge in [0.2, 0.25) is 0 Å². The minimum Gasteiger partial charge on any atom is -0.493 e. The zero-order valence-corrected chi connectivity index (χ0v) is 27.4. The van der Waals surface area contributed by atoms with Crippen molar-refractivity contribution in [1.29, 1.82) is 0 Å². The van der Waals surface area contributed by atoms with E-state index in [1.54, 1.807) is 19.2 Å². The SMILES string of the molecule is CCOc1cc2c(cc1OC)C(c1ccc(C(=O)N(C(C)C)C(C)CCOC(=O)c3ccccc3)cc1)N[C@@H]1CCN(C)C[C@H]21. The van der Waals surface area contributed by atoms with Crippen LogP contribution in [-0.2, 0) is 4.74 Å². The summed E-state index contributed by atoms with van der Waals surface area (Å²) in [7, 11) is 3.87. The first kappa shape index (κ1) is 32.5. The van der Waals surface area contributed by atoms with E-state index in [-0.39, 0.29) is 36.6 Å². The monoisotopic (exact) mass is 613 g/mol. The van der Waals surface area contributed by atoms with Crippen LogP contribution in [-0.4, -0.2) is 80.3 Å². The highest BCUT2D eigenvalue weighted by atomic mass is 16.5. The number of hydrogen-bond donors (Lipinski definition) is 1. The molecule has 8 heteroatoms. The highest BCUT2D eigenvalue weighted by Crippen LogP contribution is 2.44. The summed E-state index contributed by atoms with van der Waals surface area (Å²) in [5.74, 6) is 1.48. The van der Waals surface area contributed by atoms with Gasteiger partial charge in [0, 0.05) is 42.6 Å². The molecule has 0 bridgehead atoms. The standard InChI is InChI=1S/C37H47N3O5/c1-7-44-34-21-29-30(22-33(34)43-6)35(38-32-17-19-39(5)23-31(29)32)26-13-15-27(16-14-26)36(41)40(24(2)3)25(4)18-20-45-37(42)28-11-9-8-10-12-28/h8-16,21-22,24-25,31-32,35,38H,7,17-20,23H2,1-6H3/t25?,31-,32-,35?/m1/s1. The third-order valence-electron chi connectivity index (χ3n) is 9.11. The van der Waals surface area contributed by atoms with Crippen molar-refractivity contribution in [2.75, 3.05) is 40.5 Å². The summed E-state index contributed by atoms with van der Waals surface area (Å²) in [4.78, 5) is 30.4. The van der Waals surface area contributed by atoms with E-state index in [0.29, 0.717) is 36.1 Å². The third-order valence-corrected chi connectivity index (χ3v) is 9.11. The van der Waals surface area contributed by atoms with Gasteiger partial charge in [-0.3, -0.25) is 4.79 Å². The van der Waals surface area contributed by atoms with Crippen LogP contribution >= 0.6 is 0 Å². The number of esters is 1. The van der Waals surface area contributed by atoms with Crippen molar-refractivity contribution < 1.29 is 23.8 Å². The number of fused-ring (bicyclic) bond motifs is 3. The summed E-state index contributed by atoms with van der Waals surface area (Å²) < 4.78 is 17.2. The lowest BCUT2D eigenvalue weighted by atomic mass is 9.76. The molecule has 0 aliphatic carbocycles. The number of rotatable bonds is 11. The fourth-order valence-electron chi connectivity index (χ4n) is 6.83. The highest BCUT2D eigenvalue weighted by molar-refractivity contribution is 5.94. The molecule has 2 unspecified atom stereocenters. The van der Waals surface area contributed by atoms with Gasteiger partial charge in [-0.15, -0.1) is 0 Å². The molecule has 8 nitrogen and oxygen atoms in total. The molecule has 0 aromatic heterocycles. The van der Waals surface area contributed by atoms with Crippen molar-refractivity contribution in [1.82, 2.24) is 15.1 Å². The van der Waals surface area contributed by atoms with Gasteiger partial charge in [-0.25, -0.2) is 4.79 Å². The van der Waals surface area contributed by atoms with Crippen molar-refractivity contribution in [3.8, 4) is 11.5 Å². The summed E-state index contributed by atoms with van der Waals surface area (Å²) in [6.07, 6.45) is 1.61. The first-order chi connectivity index (χ1) is 21.7. The molecule has 3 aromatic rings. The van der Waals surface area contributed by atoms with Gasteiger partial charge in [-0.05, 0) is 101 Å². The Morgan fingerprint density at radius 1 is 0.978 bits per heavy atom. The van der Waals surface area contributed by atoms with Crippen molar-refractivity contribution in [3.63, 3.8) is 0 Å². The summed E-state index contributed by atoms with van der Waals surface area (Å²) in [5.41, 5.74) is 4.75. The van der Waals surface area contributed by atoms with Gasteiger partial charge >= 0.3 is 5.97 Å². The fourth-order valence-corrected chi connectivity index (χ4v) is 6.83. The van der Waals surface area contributed by atoms with Crippen LogP contribution in [0.3, 0.4) is 0 Å². The smallest absolute Gasteiger partial charge is 0.338 e. The molecule has 0 saturated carbocycles. The van der Waals surface area contributed by atoms with E-state index in [1.165, 1.54) is 11.1 Å². The number of likely N-dealkylation sites (tertiary alicyclic amines) is 1. The van der Waals surface area contributed by atoms with Gasteiger partial charge < -0.3 is 29.3 Å². The second-order valence-electron chi connectivity index (χ2n) is 12.5. The Morgan fingerprint density at radius 2 is 1.69 bits per heavy atom. The molecule has 2 heterocycles. The zero-order valence-electron chi connectivity index (χ0n) is 27.4. The summed E-state index contributed by atoms with van der Waals surface area (Å²) >= 11 is 0. The number of ether oxygens (including phenoxy) is 3. The number of amides is 1. The average Bonchev–Trinajstić information content (AvgIpc) is 3.04. The van der Waals surface area contributed by atoms with Crippen LogP contribution < -0.4 is 14.8 Å². The number of likely N-dealkylation sites (N-methyl/N-ethyl adjacent to an activating group) is 1. The molecule has 45 heavy (non-hydrogen) atoms. The number of carbonyl (C=O) groups is 2. The maximum atomic E-state index is 13.8. The number of methoxy groups -OCH3 is 1. The Balaban J connectivity index is 1.34. The Bertz CT molecular complexity index is 1460. The molecule has 2 aliphatic rings. The van der Waals surface area contributed by atoms with Crippen molar-refractivity contribution >= 4 is 11.9 Å². The summed E-state index contributed by atoms with van der Waals surface area (Å²) in [6, 6.07) is 21.5. The van der Waals surface area contributed by atoms with Gasteiger partial charge in [0.05, 0.1) is 31.9 Å². The second kappa shape index (κ2) is 14.5. The number of nitrogens with zero attached hydrogens (tertiary/aromatic N) is 2. The molecule has 1 amide bonds. The molecule has 240 valence electrons. The molecule has 2 aliphatic heterocycles. The second-order valence-corrected chi connectivity index (χ2v) is 12.5. The number of benzene rings is 3. The topological polar surface area (TPSA) is 80.3 Å². The van der Waals surface area contributed by atoms with E-state index in [1.807, 2.05) is 62.9 Å². The number of carbonyl (C=O) groups excluding carboxylic acids is 2. The van der Waals surface area contributed by atoms with Crippen LogP contribution in [0.15, 0.2) is 66.7 Å². The van der Waals surface area contributed by atoms with Gasteiger partial charge in [-0.2, -0.15) is 0 Å². The quantitative estimate of drug-likeness (QED) is 0.263. The van der Waals surface area contributed by atoms with E-state index in [4.69, 9.17) is 14.2 Å². The molecule has 4 atom stereocenters. The van der Waals surface area contributed by atoms with Crippen molar-refractivity contribution in [3.05, 3.63) is 94.5 Å². The maximum absolute atomic E-state index is 13.8. The van der Waals surface area contributed by atoms with Crippen LogP contribution in [0.2, 0.25) is 0 Å². The first-order valence-corrected chi connectivity index (χ1v) is 16.2. The van der Waals surface area contributed by atoms with Crippen molar-refractivity contribution in [2.45, 2.75) is 70.6 Å². The lowest BCUT2D eigenvalue weighted by Crippen LogP contribution is -2.51. The molecule has 5 rings (SSSR count). The molecule has 1 saturated heterocycles. The highest BCUT2D eigenvalue weighted by Gasteiger charge is 2.39. The Hall–Kier alpha value is -3.88. The minimum atomic E-state index is -0.350. The van der Waals surface area contributed by atoms with E-state index in [9.17, 15) is 9.59 Å². The average molecular weight is 614 g/mol. The zero-order chi connectivity index (χ0) is 32.1. The van der Waals surface area contributed by atoms with Crippen LogP contribution in [0.4, 0.5) is 0 Å². The molecule has 1 fully saturated rings. The summed E-state index contributed by atoms with van der Waals surface area (Å²) in [5, 5.41) is 3.94. The maximum Gasteiger partial charge on any atom is 0.338 e. The number of piperidine rings is 1. The molecular weight excluding hydrogens is 566 g/mol. The molecule has 3 aromatic carbocycles. The van der Waals surface area contributed by atoms with E-state index in [0.717, 1.165) is 36.6 Å². The minimum absolute atomic E-state index is 0.0164. The van der Waals surface area contributed by atoms with Crippen LogP contribution in [0.5, 0.6) is 11.5 Å². The van der Waals surface area contributed by atoms with Crippen molar-refractivity contribution in [2.24, 2.45) is 0 Å². The largest absolute Gasteiger partial charge is 0.493 e. The molecule has 1 N–H and O–H groups in total. The van der Waals surface area contributed by atoms with Gasteiger partial charge in [0.1, 0.15) is 0 Å². The van der Waals surface area contributed by atoms with Gasteiger partial charge in [0.15, 0.2) is 11.5 Å². The fraction of sp³-hybridized carbons (Fsp3) is 0.459. The molecule has 0 spiro atoms. The van der Waals surface area contributed by atoms with E-state index < -0.39 is 0 Å². The Labute approximate surface area is 267 Å². The predicted octanol–water partition coefficient (Wildman–Crippen LogP) is 6.06. The Kier molecular flexibility index (Phi) is 10.5.